The molecule has 0 spiro atoms. The van der Waals surface area contributed by atoms with Gasteiger partial charge in [0.25, 0.3) is 5.69 Å². The molecule has 1 atom stereocenters. The van der Waals surface area contributed by atoms with Gasteiger partial charge >= 0.3 is 7.82 Å². The van der Waals surface area contributed by atoms with Gasteiger partial charge in [-0.05, 0) is 18.6 Å². The minimum absolute atomic E-state index is 0.0118. The second kappa shape index (κ2) is 9.00. The molecular weight excluding hydrogens is 321 g/mol. The molecule has 0 heterocycles. The average molecular weight is 338 g/mol. The van der Waals surface area contributed by atoms with Gasteiger partial charge in [0, 0.05) is 18.0 Å². The quantitative estimate of drug-likeness (QED) is 0.209. The Morgan fingerprint density at radius 1 is 1.24 bits per heavy atom. The van der Waals surface area contributed by atoms with Crippen LogP contribution in [0.5, 0.6) is 5.75 Å². The second-order valence-corrected chi connectivity index (χ2v) is 5.97. The number of hydrogen-bond acceptors (Lipinski definition) is 6. The number of non-ortho nitro benzene ring substituents is 1. The molecule has 0 fully saturated rings. The lowest BCUT2D eigenvalue weighted by atomic mass is 10.3. The lowest BCUT2D eigenvalue weighted by Crippen LogP contribution is -2.05. The summed E-state index contributed by atoms with van der Waals surface area (Å²) in [5, 5.41) is 10.6. The minimum Gasteiger partial charge on any atom is -0.404 e. The number of phosphoric ester groups is 1. The SMILES string of the molecule is CCCCOP(=O)(OCCCl)Oc1ccc([N+](=O)[O-])cc1. The fraction of sp³-hybridized carbons (Fsp3) is 0.500. The normalized spacial score (nSPS) is 13.6. The number of unbranched alkanes of at least 4 members (excludes halogenated alkanes) is 1. The molecule has 0 N–H and O–H groups in total. The molecule has 9 heteroatoms. The number of phosphoric acid groups is 1. The first-order chi connectivity index (χ1) is 10.0. The number of rotatable bonds is 10. The van der Waals surface area contributed by atoms with Crippen LogP contribution < -0.4 is 4.52 Å². The van der Waals surface area contributed by atoms with Crippen LogP contribution in [0.3, 0.4) is 0 Å². The van der Waals surface area contributed by atoms with Crippen LogP contribution in [0.15, 0.2) is 24.3 Å². The van der Waals surface area contributed by atoms with E-state index >= 15 is 0 Å². The summed E-state index contributed by atoms with van der Waals surface area (Å²) in [5.41, 5.74) is -0.0919. The van der Waals surface area contributed by atoms with Crippen molar-refractivity contribution in [2.45, 2.75) is 19.8 Å². The van der Waals surface area contributed by atoms with Crippen LogP contribution in [0.1, 0.15) is 19.8 Å². The number of nitro groups is 1. The van der Waals surface area contributed by atoms with Gasteiger partial charge in [0.05, 0.1) is 18.1 Å². The summed E-state index contributed by atoms with van der Waals surface area (Å²) in [6, 6.07) is 5.15. The largest absolute Gasteiger partial charge is 0.530 e. The molecule has 0 radical (unpaired) electrons. The van der Waals surface area contributed by atoms with Crippen molar-refractivity contribution >= 4 is 25.1 Å². The highest BCUT2D eigenvalue weighted by Gasteiger charge is 2.28. The first-order valence-corrected chi connectivity index (χ1v) is 8.39. The van der Waals surface area contributed by atoms with E-state index in [1.807, 2.05) is 6.92 Å². The third-order valence-corrected chi connectivity index (χ3v) is 3.92. The van der Waals surface area contributed by atoms with Crippen molar-refractivity contribution in [3.63, 3.8) is 0 Å². The van der Waals surface area contributed by atoms with Crippen LogP contribution in [0, 0.1) is 10.1 Å². The molecule has 0 aromatic heterocycles. The molecule has 1 aromatic rings. The van der Waals surface area contributed by atoms with Crippen LogP contribution in [-0.4, -0.2) is 24.0 Å². The Hall–Kier alpha value is -1.14. The van der Waals surface area contributed by atoms with Crippen LogP contribution >= 0.6 is 19.4 Å². The van der Waals surface area contributed by atoms with E-state index in [1.54, 1.807) is 0 Å². The maximum atomic E-state index is 12.4. The zero-order valence-corrected chi connectivity index (χ0v) is 13.2. The van der Waals surface area contributed by atoms with Gasteiger partial charge in [-0.3, -0.25) is 19.2 Å². The Labute approximate surface area is 127 Å². The number of hydrogen-bond donors (Lipinski definition) is 0. The molecule has 21 heavy (non-hydrogen) atoms. The Morgan fingerprint density at radius 2 is 1.86 bits per heavy atom. The molecule has 0 amide bonds. The van der Waals surface area contributed by atoms with Gasteiger partial charge in [-0.2, -0.15) is 0 Å². The molecule has 0 saturated carbocycles. The minimum atomic E-state index is -3.78. The molecule has 0 aliphatic heterocycles. The molecule has 1 aromatic carbocycles. The van der Waals surface area contributed by atoms with Crippen molar-refractivity contribution in [2.75, 3.05) is 19.1 Å². The van der Waals surface area contributed by atoms with E-state index in [2.05, 4.69) is 0 Å². The first-order valence-electron chi connectivity index (χ1n) is 6.40. The third kappa shape index (κ3) is 6.44. The standard InChI is InChI=1S/C12H17ClNO6P/c1-2-3-9-18-21(17,19-10-8-13)20-12-6-4-11(5-7-12)14(15)16/h4-7H,2-3,8-10H2,1H3. The molecule has 0 saturated heterocycles. The van der Waals surface area contributed by atoms with Crippen molar-refractivity contribution in [3.05, 3.63) is 34.4 Å². The van der Waals surface area contributed by atoms with Crippen LogP contribution in [0.2, 0.25) is 0 Å². The van der Waals surface area contributed by atoms with Crippen LogP contribution in [-0.2, 0) is 13.6 Å². The van der Waals surface area contributed by atoms with Crippen molar-refractivity contribution < 1.29 is 23.1 Å². The second-order valence-electron chi connectivity index (χ2n) is 4.00. The first kappa shape index (κ1) is 17.9. The van der Waals surface area contributed by atoms with Crippen molar-refractivity contribution in [1.29, 1.82) is 0 Å². The fourth-order valence-corrected chi connectivity index (χ4v) is 2.73. The van der Waals surface area contributed by atoms with Gasteiger partial charge in [0.1, 0.15) is 5.75 Å². The predicted octanol–water partition coefficient (Wildman–Crippen LogP) is 4.15. The monoisotopic (exact) mass is 337 g/mol. The molecule has 0 bridgehead atoms. The predicted molar refractivity (Wildman–Crippen MR) is 78.9 cm³/mol. The number of nitro benzene ring substituents is 1. The summed E-state index contributed by atoms with van der Waals surface area (Å²) in [5.74, 6) is 0.306. The van der Waals surface area contributed by atoms with Crippen molar-refractivity contribution in [3.8, 4) is 5.75 Å². The van der Waals surface area contributed by atoms with Gasteiger partial charge in [0.15, 0.2) is 0 Å². The van der Waals surface area contributed by atoms with Crippen LogP contribution in [0.4, 0.5) is 5.69 Å². The molecule has 7 nitrogen and oxygen atoms in total. The summed E-state index contributed by atoms with van der Waals surface area (Å²) >= 11 is 5.50. The summed E-state index contributed by atoms with van der Waals surface area (Å²) in [6.07, 6.45) is 1.57. The van der Waals surface area contributed by atoms with Crippen molar-refractivity contribution in [2.24, 2.45) is 0 Å². The Bertz CT molecular complexity index is 495. The summed E-state index contributed by atoms with van der Waals surface area (Å²) in [6.45, 7) is 2.20. The van der Waals surface area contributed by atoms with Gasteiger partial charge in [0.2, 0.25) is 0 Å². The Kier molecular flexibility index (Phi) is 7.67. The van der Waals surface area contributed by atoms with Crippen molar-refractivity contribution in [1.82, 2.24) is 0 Å². The van der Waals surface area contributed by atoms with E-state index < -0.39 is 12.7 Å². The highest BCUT2D eigenvalue weighted by molar-refractivity contribution is 7.48. The van der Waals surface area contributed by atoms with E-state index in [0.717, 1.165) is 6.42 Å². The molecule has 0 aliphatic carbocycles. The maximum absolute atomic E-state index is 12.4. The topological polar surface area (TPSA) is 87.9 Å². The van der Waals surface area contributed by atoms with Gasteiger partial charge in [-0.1, -0.05) is 13.3 Å². The van der Waals surface area contributed by atoms with E-state index in [-0.39, 0.29) is 30.5 Å². The lowest BCUT2D eigenvalue weighted by Gasteiger charge is -2.18. The molecule has 1 rings (SSSR count). The Morgan fingerprint density at radius 3 is 2.38 bits per heavy atom. The summed E-state index contributed by atoms with van der Waals surface area (Å²) in [7, 11) is -3.78. The number of halogens is 1. The van der Waals surface area contributed by atoms with Gasteiger partial charge in [-0.25, -0.2) is 4.57 Å². The van der Waals surface area contributed by atoms with Crippen LogP contribution in [0.25, 0.3) is 0 Å². The molecule has 0 aliphatic rings. The maximum Gasteiger partial charge on any atom is 0.530 e. The fourth-order valence-electron chi connectivity index (χ4n) is 1.31. The van der Waals surface area contributed by atoms with Gasteiger partial charge in [-0.15, -0.1) is 11.6 Å². The van der Waals surface area contributed by atoms with E-state index in [4.69, 9.17) is 25.2 Å². The van der Waals surface area contributed by atoms with Gasteiger partial charge < -0.3 is 4.52 Å². The highest BCUT2D eigenvalue weighted by atomic mass is 35.5. The van der Waals surface area contributed by atoms with E-state index in [1.165, 1.54) is 24.3 Å². The lowest BCUT2D eigenvalue weighted by molar-refractivity contribution is -0.384. The zero-order valence-electron chi connectivity index (χ0n) is 11.6. The van der Waals surface area contributed by atoms with E-state index in [0.29, 0.717) is 6.42 Å². The highest BCUT2D eigenvalue weighted by Crippen LogP contribution is 2.49. The molecular formula is C12H17ClNO6P. The third-order valence-electron chi connectivity index (χ3n) is 2.34. The zero-order chi connectivity index (χ0) is 15.7. The van der Waals surface area contributed by atoms with E-state index in [9.17, 15) is 14.7 Å². The smallest absolute Gasteiger partial charge is 0.404 e. The summed E-state index contributed by atoms with van der Waals surface area (Å²) in [4.78, 5) is 10.0. The number of benzene rings is 1. The molecule has 118 valence electrons. The number of alkyl halides is 1. The Balaban J connectivity index is 2.74. The number of nitrogens with zero attached hydrogens (tertiary/aromatic N) is 1. The molecule has 1 unspecified atom stereocenters. The average Bonchev–Trinajstić information content (AvgIpc) is 2.46. The summed E-state index contributed by atoms with van der Waals surface area (Å²) < 4.78 is 27.8.